The van der Waals surface area contributed by atoms with Crippen LogP contribution in [0, 0.1) is 10.6 Å². The molecule has 6 atom stereocenters. The minimum Gasteiger partial charge on any atom is -0.387 e. The van der Waals surface area contributed by atoms with E-state index in [2.05, 4.69) is 28.1 Å². The molecule has 2 aromatic rings. The van der Waals surface area contributed by atoms with Crippen molar-refractivity contribution >= 4 is 46.8 Å². The van der Waals surface area contributed by atoms with E-state index >= 15 is 0 Å². The van der Waals surface area contributed by atoms with Crippen molar-refractivity contribution in [2.24, 2.45) is 0 Å². The molecule has 184 valence electrons. The van der Waals surface area contributed by atoms with Gasteiger partial charge < -0.3 is 39.5 Å². The first-order valence-electron chi connectivity index (χ1n) is 8.42. The third-order valence-corrected chi connectivity index (χ3v) is 8.18. The number of fused-ring (bicyclic) bond motifs is 1. The van der Waals surface area contributed by atoms with Crippen LogP contribution < -0.4 is 0 Å². The number of aromatic nitrogens is 3. The normalized spacial score (nSPS) is 27.4. The summed E-state index contributed by atoms with van der Waals surface area (Å²) in [7, 11) is -16.8. The summed E-state index contributed by atoms with van der Waals surface area (Å²) in [5.74, 6) is -0.875. The van der Waals surface area contributed by atoms with E-state index in [1.807, 2.05) is 0 Å². The molecule has 1 aliphatic rings. The van der Waals surface area contributed by atoms with Crippen LogP contribution in [0.3, 0.4) is 0 Å². The zero-order valence-electron chi connectivity index (χ0n) is 15.7. The number of aliphatic hydroxyl groups is 2. The molecule has 0 radical (unpaired) electrons. The molecule has 1 saturated heterocycles. The smallest absolute Gasteiger partial charge is 0.387 e. The van der Waals surface area contributed by atoms with E-state index in [1.165, 1.54) is 6.07 Å². The largest absolute Gasteiger partial charge is 0.490 e. The van der Waals surface area contributed by atoms with Crippen LogP contribution >= 0.6 is 35.7 Å². The van der Waals surface area contributed by atoms with Crippen LogP contribution in [0.5, 0.6) is 0 Å². The second-order valence-corrected chi connectivity index (χ2v) is 11.3. The topological polar surface area (TPSA) is 251 Å². The number of hydrogen-bond acceptors (Lipinski definition) is 12. The monoisotopic (exact) mass is 553 g/mol. The molecule has 0 amide bonds. The Bertz CT molecular complexity index is 1260. The average molecular weight is 553 g/mol. The van der Waals surface area contributed by atoms with Crippen molar-refractivity contribution in [3.05, 3.63) is 28.4 Å². The highest BCUT2D eigenvalue weighted by molar-refractivity contribution is 7.71. The number of nitrogens with zero attached hydrogens (tertiary/aromatic N) is 2. The quantitative estimate of drug-likeness (QED) is 0.172. The van der Waals surface area contributed by atoms with Crippen LogP contribution in [0.15, 0.2) is 12.3 Å². The summed E-state index contributed by atoms with van der Waals surface area (Å²) in [6, 6.07) is 1.31. The lowest BCUT2D eigenvalue weighted by atomic mass is 10.0. The van der Waals surface area contributed by atoms with Gasteiger partial charge in [-0.05, 0) is 6.07 Å². The van der Waals surface area contributed by atoms with Crippen LogP contribution in [-0.4, -0.2) is 69.7 Å². The van der Waals surface area contributed by atoms with Gasteiger partial charge in [-0.15, -0.1) is 0 Å². The number of pyridine rings is 1. The van der Waals surface area contributed by atoms with Gasteiger partial charge in [-0.3, -0.25) is 4.52 Å². The third kappa shape index (κ3) is 6.75. The molecule has 0 spiro atoms. The zero-order valence-corrected chi connectivity index (χ0v) is 19.2. The van der Waals surface area contributed by atoms with E-state index in [9.17, 15) is 33.2 Å². The maximum atomic E-state index is 13.2. The number of nitrogens with one attached hydrogen (secondary N) is 1. The number of hydrogen-bond donors (Lipinski definition) is 7. The Hall–Kier alpha value is -1.07. The van der Waals surface area contributed by atoms with Crippen molar-refractivity contribution in [2.75, 3.05) is 6.61 Å². The summed E-state index contributed by atoms with van der Waals surface area (Å²) in [6.07, 6.45) is -5.34. The van der Waals surface area contributed by atoms with E-state index in [-0.39, 0.29) is 21.4 Å². The molecule has 1 aliphatic heterocycles. The number of H-pyrrole nitrogens is 1. The number of phosphoric acid groups is 3. The molecule has 21 heteroatoms. The highest BCUT2D eigenvalue weighted by atomic mass is 32.1. The highest BCUT2D eigenvalue weighted by Gasteiger charge is 2.46. The van der Waals surface area contributed by atoms with Crippen molar-refractivity contribution in [2.45, 2.75) is 24.4 Å². The Labute approximate surface area is 187 Å². The summed E-state index contributed by atoms with van der Waals surface area (Å²) in [5, 5.41) is 20.5. The van der Waals surface area contributed by atoms with Crippen molar-refractivity contribution in [3.8, 4) is 0 Å². The summed E-state index contributed by atoms with van der Waals surface area (Å²) < 4.78 is 63.9. The molecular weight excluding hydrogens is 538 g/mol. The maximum Gasteiger partial charge on any atom is 0.490 e. The molecule has 0 aromatic carbocycles. The van der Waals surface area contributed by atoms with Crippen LogP contribution in [0.2, 0.25) is 0 Å². The fraction of sp³-hybridized carbons (Fsp3) is 0.417. The van der Waals surface area contributed by atoms with Gasteiger partial charge in [0.25, 0.3) is 0 Å². The molecule has 3 unspecified atom stereocenters. The number of aliphatic hydroxyl groups excluding tert-OH is 2. The predicted molar refractivity (Wildman–Crippen MR) is 104 cm³/mol. The van der Waals surface area contributed by atoms with Gasteiger partial charge in [0.15, 0.2) is 5.65 Å². The van der Waals surface area contributed by atoms with Crippen LogP contribution in [0.4, 0.5) is 4.39 Å². The summed E-state index contributed by atoms with van der Waals surface area (Å²) in [6.45, 7) is -0.993. The predicted octanol–water partition coefficient (Wildman–Crippen LogP) is 0.331. The maximum absolute atomic E-state index is 13.2. The lowest BCUT2D eigenvalue weighted by Crippen LogP contribution is -2.33. The van der Waals surface area contributed by atoms with E-state index < -0.39 is 60.4 Å². The Balaban J connectivity index is 1.73. The minimum absolute atomic E-state index is 0.000921. The van der Waals surface area contributed by atoms with Gasteiger partial charge in [0.1, 0.15) is 34.6 Å². The number of halogens is 1. The lowest BCUT2D eigenvalue weighted by molar-refractivity contribution is -0.0224. The second-order valence-electron chi connectivity index (χ2n) is 6.44. The molecule has 7 N–H and O–H groups in total. The molecule has 0 aliphatic carbocycles. The molecule has 16 nitrogen and oxygen atoms in total. The van der Waals surface area contributed by atoms with Crippen molar-refractivity contribution in [1.29, 1.82) is 0 Å². The number of phosphoric ester groups is 1. The Morgan fingerprint density at radius 1 is 1.12 bits per heavy atom. The van der Waals surface area contributed by atoms with Crippen molar-refractivity contribution in [3.63, 3.8) is 0 Å². The lowest BCUT2D eigenvalue weighted by Gasteiger charge is -2.19. The second kappa shape index (κ2) is 9.53. The van der Waals surface area contributed by atoms with Crippen LogP contribution in [0.1, 0.15) is 11.7 Å². The zero-order chi connectivity index (χ0) is 24.8. The van der Waals surface area contributed by atoms with Gasteiger partial charge in [0, 0.05) is 5.56 Å². The first-order valence-corrected chi connectivity index (χ1v) is 13.4. The first-order chi connectivity index (χ1) is 15.1. The van der Waals surface area contributed by atoms with E-state index in [4.69, 9.17) is 31.6 Å². The highest BCUT2D eigenvalue weighted by Crippen LogP contribution is 2.66. The van der Waals surface area contributed by atoms with Gasteiger partial charge in [0.2, 0.25) is 5.95 Å². The minimum atomic E-state index is -5.73. The third-order valence-electron chi connectivity index (χ3n) is 4.04. The van der Waals surface area contributed by atoms with Crippen LogP contribution in [-0.2, 0) is 31.6 Å². The molecule has 0 bridgehead atoms. The molecule has 3 rings (SSSR count). The fourth-order valence-corrected chi connectivity index (χ4v) is 6.09. The van der Waals surface area contributed by atoms with E-state index in [0.717, 1.165) is 6.20 Å². The van der Waals surface area contributed by atoms with Gasteiger partial charge in [0.05, 0.1) is 12.8 Å². The van der Waals surface area contributed by atoms with Crippen LogP contribution in [0.25, 0.3) is 11.2 Å². The molecule has 0 saturated carbocycles. The van der Waals surface area contributed by atoms with Gasteiger partial charge in [-0.2, -0.15) is 18.0 Å². The van der Waals surface area contributed by atoms with Gasteiger partial charge >= 0.3 is 23.5 Å². The molecule has 2 aromatic heterocycles. The Morgan fingerprint density at radius 3 is 2.42 bits per heavy atom. The van der Waals surface area contributed by atoms with Crippen molar-refractivity contribution < 1.29 is 65.8 Å². The number of ether oxygens (including phenoxy) is 1. The average Bonchev–Trinajstić information content (AvgIpc) is 2.91. The molecule has 3 heterocycles. The fourth-order valence-electron chi connectivity index (χ4n) is 2.79. The molecule has 33 heavy (non-hydrogen) atoms. The Morgan fingerprint density at radius 2 is 1.79 bits per heavy atom. The standard InChI is InChI=1S/C12H15FN3O13P3S/c13-7-2-14-5-1-4(12(33)16-11(5)15-7)10-9(18)8(17)6(27-10)3-26-31(22,23)29-32(24,25)28-30(19,20)21/h1-2,6,8-10,17-18H,3H2,(H,22,23)(H,24,25)(H,15,16,33)(H2,19,20,21)/t6-,8?,9+,10+/m1/s1. The van der Waals surface area contributed by atoms with E-state index in [0.29, 0.717) is 0 Å². The summed E-state index contributed by atoms with van der Waals surface area (Å²) in [5.41, 5.74) is 0.244. The summed E-state index contributed by atoms with van der Waals surface area (Å²) in [4.78, 5) is 45.6. The first kappa shape index (κ1) is 26.5. The Kier molecular flexibility index (Phi) is 7.66. The van der Waals surface area contributed by atoms with Gasteiger partial charge in [-0.25, -0.2) is 18.7 Å². The molecule has 1 fully saturated rings. The van der Waals surface area contributed by atoms with Crippen molar-refractivity contribution in [1.82, 2.24) is 15.0 Å². The van der Waals surface area contributed by atoms with E-state index in [1.54, 1.807) is 0 Å². The summed E-state index contributed by atoms with van der Waals surface area (Å²) >= 11 is 5.13. The number of aromatic amines is 1. The molecular formula is C12H15FN3O13P3S. The SMILES string of the molecule is O=P(O)(O)OP(=O)(O)OP(=O)(O)OC[C@H]1O[C@@H](c2cc3ncc(F)nc3[nH]c2=S)[C@@H](O)C1O. The van der Waals surface area contributed by atoms with Gasteiger partial charge in [-0.1, -0.05) is 12.2 Å². The number of rotatable bonds is 8.